The molecule has 3 fully saturated rings. The molecule has 4 nitrogen and oxygen atoms in total. The van der Waals surface area contributed by atoms with Crippen LogP contribution in [0.4, 0.5) is 13.2 Å². The summed E-state index contributed by atoms with van der Waals surface area (Å²) in [5.41, 5.74) is -0.222. The van der Waals surface area contributed by atoms with Crippen molar-refractivity contribution in [2.24, 2.45) is 5.92 Å². The summed E-state index contributed by atoms with van der Waals surface area (Å²) in [7, 11) is 0. The summed E-state index contributed by atoms with van der Waals surface area (Å²) in [5, 5.41) is 3.02. The van der Waals surface area contributed by atoms with Crippen molar-refractivity contribution >= 4 is 16.8 Å². The average molecular weight is 337 g/mol. The first-order valence-corrected chi connectivity index (χ1v) is 8.14. The van der Waals surface area contributed by atoms with E-state index in [1.807, 2.05) is 0 Å². The Balaban J connectivity index is 1.59. The number of alkyl halides is 3. The third-order valence-corrected chi connectivity index (χ3v) is 5.19. The minimum atomic E-state index is -4.44. The molecule has 0 radical (unpaired) electrons. The highest BCUT2D eigenvalue weighted by molar-refractivity contribution is 5.99. The summed E-state index contributed by atoms with van der Waals surface area (Å²) in [6.07, 6.45) is -2.31. The van der Waals surface area contributed by atoms with E-state index in [1.54, 1.807) is 6.07 Å². The summed E-state index contributed by atoms with van der Waals surface area (Å²) in [5.74, 6) is 0.132. The van der Waals surface area contributed by atoms with E-state index in [4.69, 9.17) is 0 Å². The van der Waals surface area contributed by atoms with Crippen LogP contribution < -0.4 is 5.32 Å². The Kier molecular flexibility index (Phi) is 3.56. The second-order valence-corrected chi connectivity index (χ2v) is 6.67. The molecule has 1 amide bonds. The number of amides is 1. The van der Waals surface area contributed by atoms with Crippen molar-refractivity contribution in [1.82, 2.24) is 15.2 Å². The SMILES string of the molecule is O=C(NC1CN2CCC1CC2)c1cc2c(C(F)(F)F)cccc2[nH]1. The first-order chi connectivity index (χ1) is 11.4. The number of nitrogens with one attached hydrogen (secondary N) is 2. The Morgan fingerprint density at radius 3 is 2.62 bits per heavy atom. The van der Waals surface area contributed by atoms with Crippen LogP contribution in [0.1, 0.15) is 28.9 Å². The summed E-state index contributed by atoms with van der Waals surface area (Å²) in [6.45, 7) is 2.96. The molecule has 24 heavy (non-hydrogen) atoms. The quantitative estimate of drug-likeness (QED) is 0.885. The van der Waals surface area contributed by atoms with Crippen LogP contribution in [0.25, 0.3) is 10.9 Å². The fourth-order valence-corrected chi connectivity index (χ4v) is 3.90. The second kappa shape index (κ2) is 5.51. The fourth-order valence-electron chi connectivity index (χ4n) is 3.90. The number of halogens is 3. The van der Waals surface area contributed by atoms with Gasteiger partial charge in [0.2, 0.25) is 0 Å². The number of benzene rings is 1. The van der Waals surface area contributed by atoms with E-state index in [0.29, 0.717) is 11.4 Å². The zero-order valence-corrected chi connectivity index (χ0v) is 13.0. The lowest BCUT2D eigenvalue weighted by molar-refractivity contribution is -0.136. The molecule has 1 aromatic heterocycles. The molecule has 2 aromatic rings. The Morgan fingerprint density at radius 2 is 2.00 bits per heavy atom. The van der Waals surface area contributed by atoms with Gasteiger partial charge >= 0.3 is 6.18 Å². The minimum absolute atomic E-state index is 0.0315. The van der Waals surface area contributed by atoms with Crippen molar-refractivity contribution in [1.29, 1.82) is 0 Å². The molecule has 5 rings (SSSR count). The van der Waals surface area contributed by atoms with Crippen molar-refractivity contribution in [3.8, 4) is 0 Å². The van der Waals surface area contributed by atoms with Gasteiger partial charge in [-0.2, -0.15) is 13.2 Å². The van der Waals surface area contributed by atoms with Gasteiger partial charge in [0.25, 0.3) is 5.91 Å². The number of fused-ring (bicyclic) bond motifs is 4. The van der Waals surface area contributed by atoms with Crippen LogP contribution in [0.15, 0.2) is 24.3 Å². The lowest BCUT2D eigenvalue weighted by Gasteiger charge is -2.44. The van der Waals surface area contributed by atoms with Crippen LogP contribution in [0.5, 0.6) is 0 Å². The number of carbonyl (C=O) groups excluding carboxylic acids is 1. The fraction of sp³-hybridized carbons (Fsp3) is 0.471. The molecule has 3 aliphatic rings. The van der Waals surface area contributed by atoms with E-state index in [0.717, 1.165) is 38.5 Å². The predicted octanol–water partition coefficient (Wildman–Crippen LogP) is 3.01. The summed E-state index contributed by atoms with van der Waals surface area (Å²) in [4.78, 5) is 17.6. The van der Waals surface area contributed by atoms with Gasteiger partial charge in [-0.15, -0.1) is 0 Å². The van der Waals surface area contributed by atoms with Gasteiger partial charge < -0.3 is 15.2 Å². The number of nitrogens with zero attached hydrogens (tertiary/aromatic N) is 1. The van der Waals surface area contributed by atoms with Crippen LogP contribution in [0.2, 0.25) is 0 Å². The first-order valence-electron chi connectivity index (χ1n) is 8.14. The molecule has 0 spiro atoms. The van der Waals surface area contributed by atoms with Gasteiger partial charge in [0, 0.05) is 23.5 Å². The van der Waals surface area contributed by atoms with Gasteiger partial charge in [0.15, 0.2) is 0 Å². The lowest BCUT2D eigenvalue weighted by Crippen LogP contribution is -2.57. The van der Waals surface area contributed by atoms with E-state index in [2.05, 4.69) is 15.2 Å². The number of H-pyrrole nitrogens is 1. The van der Waals surface area contributed by atoms with Crippen molar-refractivity contribution < 1.29 is 18.0 Å². The average Bonchev–Trinajstić information content (AvgIpc) is 2.99. The molecule has 3 saturated heterocycles. The molecule has 3 aliphatic heterocycles. The number of hydrogen-bond donors (Lipinski definition) is 2. The molecular weight excluding hydrogens is 319 g/mol. The monoisotopic (exact) mass is 337 g/mol. The molecule has 2 N–H and O–H groups in total. The molecule has 1 atom stereocenters. The largest absolute Gasteiger partial charge is 0.417 e. The summed E-state index contributed by atoms with van der Waals surface area (Å²) in [6, 6.07) is 5.31. The van der Waals surface area contributed by atoms with Crippen LogP contribution in [-0.4, -0.2) is 41.5 Å². The lowest BCUT2D eigenvalue weighted by atomic mass is 9.84. The molecule has 4 heterocycles. The smallest absolute Gasteiger partial charge is 0.351 e. The molecule has 0 saturated carbocycles. The van der Waals surface area contributed by atoms with Gasteiger partial charge in [-0.3, -0.25) is 4.79 Å². The zero-order valence-electron chi connectivity index (χ0n) is 13.0. The molecule has 2 bridgehead atoms. The van der Waals surface area contributed by atoms with E-state index in [-0.39, 0.29) is 23.0 Å². The van der Waals surface area contributed by atoms with Crippen LogP contribution >= 0.6 is 0 Å². The number of rotatable bonds is 2. The van der Waals surface area contributed by atoms with Crippen LogP contribution in [-0.2, 0) is 6.18 Å². The normalized spacial score (nSPS) is 26.7. The maximum Gasteiger partial charge on any atom is 0.417 e. The number of piperidine rings is 3. The predicted molar refractivity (Wildman–Crippen MR) is 83.7 cm³/mol. The molecular formula is C17H18F3N3O. The third kappa shape index (κ3) is 2.66. The number of aromatic nitrogens is 1. The van der Waals surface area contributed by atoms with E-state index in [1.165, 1.54) is 12.1 Å². The van der Waals surface area contributed by atoms with E-state index < -0.39 is 11.7 Å². The van der Waals surface area contributed by atoms with Crippen molar-refractivity contribution in [3.63, 3.8) is 0 Å². The van der Waals surface area contributed by atoms with Gasteiger partial charge in [0.05, 0.1) is 5.56 Å². The molecule has 1 aromatic carbocycles. The Morgan fingerprint density at radius 1 is 1.25 bits per heavy atom. The Labute approximate surface area is 137 Å². The number of carbonyl (C=O) groups is 1. The highest BCUT2D eigenvalue weighted by Gasteiger charge is 2.36. The van der Waals surface area contributed by atoms with Gasteiger partial charge in [0.1, 0.15) is 5.69 Å². The maximum absolute atomic E-state index is 13.1. The van der Waals surface area contributed by atoms with E-state index >= 15 is 0 Å². The van der Waals surface area contributed by atoms with Crippen molar-refractivity contribution in [2.75, 3.05) is 19.6 Å². The molecule has 1 unspecified atom stereocenters. The Hall–Kier alpha value is -2.02. The molecule has 7 heteroatoms. The summed E-state index contributed by atoms with van der Waals surface area (Å²) >= 11 is 0. The molecule has 128 valence electrons. The Bertz CT molecular complexity index is 775. The first kappa shape index (κ1) is 15.5. The number of aromatic amines is 1. The second-order valence-electron chi connectivity index (χ2n) is 6.67. The standard InChI is InChI=1S/C17H18F3N3O/c18-17(19,20)12-2-1-3-13-11(12)8-14(21-13)16(24)22-15-9-23-6-4-10(15)5-7-23/h1-3,8,10,15,21H,4-7,9H2,(H,22,24). The topological polar surface area (TPSA) is 48.1 Å². The van der Waals surface area contributed by atoms with Gasteiger partial charge in [-0.1, -0.05) is 6.07 Å². The van der Waals surface area contributed by atoms with Crippen LogP contribution in [0.3, 0.4) is 0 Å². The van der Waals surface area contributed by atoms with E-state index in [9.17, 15) is 18.0 Å². The summed E-state index contributed by atoms with van der Waals surface area (Å²) < 4.78 is 39.2. The van der Waals surface area contributed by atoms with Crippen LogP contribution in [0, 0.1) is 5.92 Å². The van der Waals surface area contributed by atoms with Gasteiger partial charge in [-0.25, -0.2) is 0 Å². The highest BCUT2D eigenvalue weighted by atomic mass is 19.4. The van der Waals surface area contributed by atoms with Crippen molar-refractivity contribution in [2.45, 2.75) is 25.1 Å². The van der Waals surface area contributed by atoms with Crippen molar-refractivity contribution in [3.05, 3.63) is 35.5 Å². The highest BCUT2D eigenvalue weighted by Crippen LogP contribution is 2.35. The maximum atomic E-state index is 13.1. The van der Waals surface area contributed by atoms with Gasteiger partial charge in [-0.05, 0) is 50.0 Å². The zero-order chi connectivity index (χ0) is 16.9. The minimum Gasteiger partial charge on any atom is -0.351 e. The molecule has 0 aliphatic carbocycles. The number of hydrogen-bond acceptors (Lipinski definition) is 2. The third-order valence-electron chi connectivity index (χ3n) is 5.19.